The third-order valence-electron chi connectivity index (χ3n) is 3.75. The second kappa shape index (κ2) is 5.90. The summed E-state index contributed by atoms with van der Waals surface area (Å²) in [7, 11) is 0. The quantitative estimate of drug-likeness (QED) is 0.895. The van der Waals surface area contributed by atoms with E-state index in [2.05, 4.69) is 24.2 Å². The van der Waals surface area contributed by atoms with E-state index in [0.29, 0.717) is 5.17 Å². The van der Waals surface area contributed by atoms with Gasteiger partial charge < -0.3 is 5.32 Å². The van der Waals surface area contributed by atoms with Crippen molar-refractivity contribution in [3.63, 3.8) is 0 Å². The normalized spacial score (nSPS) is 18.0. The van der Waals surface area contributed by atoms with Crippen molar-refractivity contribution in [2.75, 3.05) is 17.6 Å². The highest BCUT2D eigenvalue weighted by molar-refractivity contribution is 8.14. The van der Waals surface area contributed by atoms with E-state index in [1.165, 1.54) is 12.1 Å². The molecule has 0 saturated carbocycles. The standard InChI is InChI=1S/C14H18F2N2S/c1-3-14(4-2)8-17-13(19-9-14)18-12-6-5-10(15)7-11(12)16/h5-7H,3-4,8-9H2,1-2H3,(H,17,18). The van der Waals surface area contributed by atoms with Gasteiger partial charge in [0.05, 0.1) is 5.69 Å². The fourth-order valence-electron chi connectivity index (χ4n) is 2.01. The topological polar surface area (TPSA) is 24.4 Å². The van der Waals surface area contributed by atoms with Crippen LogP contribution in [-0.2, 0) is 0 Å². The lowest BCUT2D eigenvalue weighted by Gasteiger charge is -2.33. The average Bonchev–Trinajstić information content (AvgIpc) is 2.43. The first-order valence-electron chi connectivity index (χ1n) is 6.48. The number of halogens is 2. The highest BCUT2D eigenvalue weighted by Gasteiger charge is 2.30. The lowest BCUT2D eigenvalue weighted by molar-refractivity contribution is 0.318. The highest BCUT2D eigenvalue weighted by Crippen LogP contribution is 2.35. The molecule has 2 rings (SSSR count). The Labute approximate surface area is 116 Å². The maximum Gasteiger partial charge on any atom is 0.161 e. The minimum Gasteiger partial charge on any atom is -0.333 e. The van der Waals surface area contributed by atoms with E-state index in [-0.39, 0.29) is 11.1 Å². The summed E-state index contributed by atoms with van der Waals surface area (Å²) in [6.45, 7) is 5.12. The number of hydrogen-bond donors (Lipinski definition) is 1. The number of benzene rings is 1. The van der Waals surface area contributed by atoms with E-state index >= 15 is 0 Å². The summed E-state index contributed by atoms with van der Waals surface area (Å²) >= 11 is 1.61. The number of amidine groups is 1. The van der Waals surface area contributed by atoms with Crippen LogP contribution in [0.4, 0.5) is 14.5 Å². The van der Waals surface area contributed by atoms with Gasteiger partial charge in [0.1, 0.15) is 11.6 Å². The fraction of sp³-hybridized carbons (Fsp3) is 0.500. The summed E-state index contributed by atoms with van der Waals surface area (Å²) in [4.78, 5) is 4.49. The number of rotatable bonds is 3. The molecule has 0 aromatic heterocycles. The van der Waals surface area contributed by atoms with Gasteiger partial charge >= 0.3 is 0 Å². The maximum atomic E-state index is 13.5. The van der Waals surface area contributed by atoms with Crippen molar-refractivity contribution in [3.8, 4) is 0 Å². The van der Waals surface area contributed by atoms with Crippen LogP contribution in [0.5, 0.6) is 0 Å². The lowest BCUT2D eigenvalue weighted by Crippen LogP contribution is -2.32. The zero-order valence-electron chi connectivity index (χ0n) is 11.2. The van der Waals surface area contributed by atoms with Crippen LogP contribution >= 0.6 is 11.8 Å². The van der Waals surface area contributed by atoms with Gasteiger partial charge in [0.2, 0.25) is 0 Å². The predicted octanol–water partition coefficient (Wildman–Crippen LogP) is 4.29. The van der Waals surface area contributed by atoms with E-state index in [1.807, 2.05) is 0 Å². The Morgan fingerprint density at radius 3 is 2.58 bits per heavy atom. The van der Waals surface area contributed by atoms with Gasteiger partial charge in [-0.15, -0.1) is 0 Å². The van der Waals surface area contributed by atoms with Crippen molar-refractivity contribution in [1.82, 2.24) is 0 Å². The predicted molar refractivity (Wildman–Crippen MR) is 77.8 cm³/mol. The monoisotopic (exact) mass is 284 g/mol. The van der Waals surface area contributed by atoms with Gasteiger partial charge in [-0.05, 0) is 30.4 Å². The number of aliphatic imine (C=N–C) groups is 1. The van der Waals surface area contributed by atoms with Gasteiger partial charge in [0, 0.05) is 18.4 Å². The fourth-order valence-corrected chi connectivity index (χ4v) is 3.29. The van der Waals surface area contributed by atoms with Crippen molar-refractivity contribution in [2.24, 2.45) is 10.4 Å². The number of thioether (sulfide) groups is 1. The molecular weight excluding hydrogens is 266 g/mol. The molecule has 0 atom stereocenters. The third-order valence-corrected chi connectivity index (χ3v) is 5.01. The van der Waals surface area contributed by atoms with Crippen LogP contribution in [0.1, 0.15) is 26.7 Å². The molecule has 0 spiro atoms. The van der Waals surface area contributed by atoms with Gasteiger partial charge in [-0.2, -0.15) is 0 Å². The largest absolute Gasteiger partial charge is 0.333 e. The SMILES string of the molecule is CCC1(CC)CN=C(Nc2ccc(F)cc2F)SC1. The number of anilines is 1. The average molecular weight is 284 g/mol. The van der Waals surface area contributed by atoms with E-state index in [1.54, 1.807) is 11.8 Å². The zero-order valence-corrected chi connectivity index (χ0v) is 12.0. The summed E-state index contributed by atoms with van der Waals surface area (Å²) in [6, 6.07) is 3.51. The molecule has 0 fully saturated rings. The molecule has 5 heteroatoms. The molecule has 0 amide bonds. The number of hydrogen-bond acceptors (Lipinski definition) is 3. The lowest BCUT2D eigenvalue weighted by atomic mass is 9.84. The van der Waals surface area contributed by atoms with E-state index in [9.17, 15) is 8.78 Å². The molecule has 1 N–H and O–H groups in total. The third kappa shape index (κ3) is 3.26. The number of nitrogens with zero attached hydrogens (tertiary/aromatic N) is 1. The molecule has 0 saturated heterocycles. The maximum absolute atomic E-state index is 13.5. The Hall–Kier alpha value is -1.10. The molecule has 2 nitrogen and oxygen atoms in total. The molecule has 0 radical (unpaired) electrons. The second-order valence-corrected chi connectivity index (χ2v) is 5.83. The van der Waals surface area contributed by atoms with Gasteiger partial charge in [-0.1, -0.05) is 25.6 Å². The molecular formula is C14H18F2N2S. The molecule has 1 heterocycles. The minimum atomic E-state index is -0.592. The zero-order chi connectivity index (χ0) is 13.9. The van der Waals surface area contributed by atoms with E-state index in [4.69, 9.17) is 0 Å². The Bertz CT molecular complexity index is 484. The molecule has 0 aliphatic carbocycles. The molecule has 0 unspecified atom stereocenters. The van der Waals surface area contributed by atoms with Crippen LogP contribution in [-0.4, -0.2) is 17.5 Å². The first-order chi connectivity index (χ1) is 9.08. The highest BCUT2D eigenvalue weighted by atomic mass is 32.2. The van der Waals surface area contributed by atoms with Crippen molar-refractivity contribution in [3.05, 3.63) is 29.8 Å². The summed E-state index contributed by atoms with van der Waals surface area (Å²) < 4.78 is 26.3. The summed E-state index contributed by atoms with van der Waals surface area (Å²) in [5, 5.41) is 3.64. The van der Waals surface area contributed by atoms with Crippen LogP contribution in [0.25, 0.3) is 0 Å². The van der Waals surface area contributed by atoms with Crippen LogP contribution in [0, 0.1) is 17.0 Å². The number of nitrogens with one attached hydrogen (secondary N) is 1. The van der Waals surface area contributed by atoms with Gasteiger partial charge in [0.15, 0.2) is 5.17 Å². The molecule has 19 heavy (non-hydrogen) atoms. The Morgan fingerprint density at radius 1 is 1.32 bits per heavy atom. The van der Waals surface area contributed by atoms with Gasteiger partial charge in [-0.3, -0.25) is 4.99 Å². The van der Waals surface area contributed by atoms with Crippen molar-refractivity contribution in [2.45, 2.75) is 26.7 Å². The summed E-state index contributed by atoms with van der Waals surface area (Å²) in [5.41, 5.74) is 0.533. The van der Waals surface area contributed by atoms with Crippen molar-refractivity contribution >= 4 is 22.6 Å². The Kier molecular flexibility index (Phi) is 4.45. The van der Waals surface area contributed by atoms with E-state index < -0.39 is 11.6 Å². The first-order valence-corrected chi connectivity index (χ1v) is 7.46. The Balaban J connectivity index is 2.07. The molecule has 1 aromatic rings. The first kappa shape index (κ1) is 14.3. The molecule has 1 aliphatic rings. The second-order valence-electron chi connectivity index (χ2n) is 4.87. The minimum absolute atomic E-state index is 0.261. The summed E-state index contributed by atoms with van der Waals surface area (Å²) in [5.74, 6) is -0.183. The molecule has 1 aromatic carbocycles. The van der Waals surface area contributed by atoms with Crippen LogP contribution in [0.3, 0.4) is 0 Å². The van der Waals surface area contributed by atoms with E-state index in [0.717, 1.165) is 31.2 Å². The molecule has 1 aliphatic heterocycles. The smallest absolute Gasteiger partial charge is 0.161 e. The van der Waals surface area contributed by atoms with Gasteiger partial charge in [0.25, 0.3) is 0 Å². The van der Waals surface area contributed by atoms with Crippen LogP contribution in [0.2, 0.25) is 0 Å². The van der Waals surface area contributed by atoms with Crippen LogP contribution in [0.15, 0.2) is 23.2 Å². The van der Waals surface area contributed by atoms with Gasteiger partial charge in [-0.25, -0.2) is 8.78 Å². The summed E-state index contributed by atoms with van der Waals surface area (Å²) in [6.07, 6.45) is 2.19. The molecule has 104 valence electrons. The molecule has 0 bridgehead atoms. The Morgan fingerprint density at radius 2 is 2.05 bits per heavy atom. The van der Waals surface area contributed by atoms with Crippen LogP contribution < -0.4 is 5.32 Å². The van der Waals surface area contributed by atoms with Crippen molar-refractivity contribution < 1.29 is 8.78 Å². The van der Waals surface area contributed by atoms with Crippen molar-refractivity contribution in [1.29, 1.82) is 0 Å².